The van der Waals surface area contributed by atoms with E-state index in [0.29, 0.717) is 17.3 Å². The third-order valence-electron chi connectivity index (χ3n) is 5.28. The Labute approximate surface area is 150 Å². The molecular formula is C19H21N5O2. The van der Waals surface area contributed by atoms with Gasteiger partial charge in [0.15, 0.2) is 0 Å². The summed E-state index contributed by atoms with van der Waals surface area (Å²) >= 11 is 0. The first-order valence-corrected chi connectivity index (χ1v) is 9.18. The summed E-state index contributed by atoms with van der Waals surface area (Å²) in [6.07, 6.45) is 6.51. The van der Waals surface area contributed by atoms with Crippen LogP contribution in [0.4, 0.5) is 11.4 Å². The Morgan fingerprint density at radius 2 is 1.85 bits per heavy atom. The molecule has 0 radical (unpaired) electrons. The number of carbonyl (C=O) groups is 1. The summed E-state index contributed by atoms with van der Waals surface area (Å²) in [5, 5.41) is 3.08. The number of amides is 1. The monoisotopic (exact) mass is 351 g/mol. The molecule has 134 valence electrons. The highest BCUT2D eigenvalue weighted by atomic mass is 16.2. The van der Waals surface area contributed by atoms with Crippen LogP contribution in [0, 0.1) is 0 Å². The lowest BCUT2D eigenvalue weighted by Crippen LogP contribution is -2.22. The van der Waals surface area contributed by atoms with Crippen molar-refractivity contribution in [3.8, 4) is 0 Å². The SMILES string of the molecule is O=C(Nc1cc2[nH]c(=O)[nH]c2cc1N1CCCC1)c1cccn1C1CC1. The zero-order valence-corrected chi connectivity index (χ0v) is 14.4. The second-order valence-electron chi connectivity index (χ2n) is 7.17. The molecule has 2 fully saturated rings. The molecule has 0 bridgehead atoms. The van der Waals surface area contributed by atoms with Crippen molar-refractivity contribution < 1.29 is 4.79 Å². The van der Waals surface area contributed by atoms with Crippen LogP contribution in [0.1, 0.15) is 42.2 Å². The Kier molecular flexibility index (Phi) is 3.41. The van der Waals surface area contributed by atoms with Crippen molar-refractivity contribution in [2.24, 2.45) is 0 Å². The van der Waals surface area contributed by atoms with E-state index in [-0.39, 0.29) is 11.6 Å². The number of nitrogens with zero attached hydrogens (tertiary/aromatic N) is 2. The summed E-state index contributed by atoms with van der Waals surface area (Å²) in [4.78, 5) is 32.4. The van der Waals surface area contributed by atoms with Gasteiger partial charge in [0, 0.05) is 25.3 Å². The van der Waals surface area contributed by atoms with E-state index in [2.05, 4.69) is 24.8 Å². The highest BCUT2D eigenvalue weighted by Gasteiger charge is 2.27. The molecule has 7 nitrogen and oxygen atoms in total. The molecule has 2 aliphatic rings. The number of hydrogen-bond donors (Lipinski definition) is 3. The zero-order chi connectivity index (χ0) is 17.7. The van der Waals surface area contributed by atoms with Gasteiger partial charge >= 0.3 is 5.69 Å². The average Bonchev–Trinajstić information content (AvgIpc) is 3.04. The summed E-state index contributed by atoms with van der Waals surface area (Å²) in [7, 11) is 0. The van der Waals surface area contributed by atoms with E-state index in [9.17, 15) is 9.59 Å². The van der Waals surface area contributed by atoms with Gasteiger partial charge in [0.05, 0.1) is 22.4 Å². The summed E-state index contributed by atoms with van der Waals surface area (Å²) in [6.45, 7) is 1.92. The van der Waals surface area contributed by atoms with Gasteiger partial charge in [-0.25, -0.2) is 4.79 Å². The van der Waals surface area contributed by atoms with Crippen molar-refractivity contribution in [3.05, 3.63) is 46.6 Å². The summed E-state index contributed by atoms with van der Waals surface area (Å²) < 4.78 is 2.06. The number of H-pyrrole nitrogens is 2. The van der Waals surface area contributed by atoms with Crippen molar-refractivity contribution >= 4 is 28.3 Å². The van der Waals surface area contributed by atoms with Gasteiger partial charge in [0.25, 0.3) is 5.91 Å². The van der Waals surface area contributed by atoms with E-state index in [1.165, 1.54) is 0 Å². The number of nitrogens with one attached hydrogen (secondary N) is 3. The van der Waals surface area contributed by atoms with Crippen LogP contribution in [-0.2, 0) is 0 Å². The van der Waals surface area contributed by atoms with Gasteiger partial charge in [-0.2, -0.15) is 0 Å². The fraction of sp³-hybridized carbons (Fsp3) is 0.368. The molecule has 1 saturated heterocycles. The molecule has 1 amide bonds. The van der Waals surface area contributed by atoms with Gasteiger partial charge < -0.3 is 24.8 Å². The maximum Gasteiger partial charge on any atom is 0.323 e. The van der Waals surface area contributed by atoms with Crippen molar-refractivity contribution in [3.63, 3.8) is 0 Å². The number of imidazole rings is 1. The van der Waals surface area contributed by atoms with Crippen LogP contribution in [0.15, 0.2) is 35.3 Å². The van der Waals surface area contributed by atoms with Gasteiger partial charge in [0.2, 0.25) is 0 Å². The Hall–Kier alpha value is -2.96. The fourth-order valence-electron chi connectivity index (χ4n) is 3.83. The largest absolute Gasteiger partial charge is 0.370 e. The minimum atomic E-state index is -0.238. The molecule has 1 aliphatic heterocycles. The standard InChI is InChI=1S/C19H21N5O2/c25-18(16-4-3-9-24(16)12-5-6-12)20-15-10-13-14(22-19(26)21-13)11-17(15)23-7-1-2-8-23/h3-4,9-12H,1-2,5-8H2,(H,20,25)(H2,21,22,26). The van der Waals surface area contributed by atoms with E-state index < -0.39 is 0 Å². The third kappa shape index (κ3) is 2.60. The molecule has 1 aromatic carbocycles. The number of hydrogen-bond acceptors (Lipinski definition) is 3. The van der Waals surface area contributed by atoms with Gasteiger partial charge in [0.1, 0.15) is 5.69 Å². The number of anilines is 2. The topological polar surface area (TPSA) is 85.9 Å². The number of rotatable bonds is 4. The first kappa shape index (κ1) is 15.3. The molecule has 1 aliphatic carbocycles. The van der Waals surface area contributed by atoms with Crippen molar-refractivity contribution in [2.75, 3.05) is 23.3 Å². The highest BCUT2D eigenvalue weighted by Crippen LogP contribution is 2.37. The van der Waals surface area contributed by atoms with Crippen LogP contribution in [-0.4, -0.2) is 33.5 Å². The van der Waals surface area contributed by atoms with Crippen LogP contribution in [0.2, 0.25) is 0 Å². The van der Waals surface area contributed by atoms with Gasteiger partial charge in [-0.15, -0.1) is 0 Å². The predicted octanol–water partition coefficient (Wildman–Crippen LogP) is 2.85. The second kappa shape index (κ2) is 5.79. The maximum absolute atomic E-state index is 12.9. The van der Waals surface area contributed by atoms with Crippen LogP contribution in [0.5, 0.6) is 0 Å². The second-order valence-corrected chi connectivity index (χ2v) is 7.17. The fourth-order valence-corrected chi connectivity index (χ4v) is 3.83. The van der Waals surface area contributed by atoms with E-state index in [1.807, 2.05) is 30.5 Å². The average molecular weight is 351 g/mol. The molecule has 2 aromatic heterocycles. The van der Waals surface area contributed by atoms with Crippen LogP contribution < -0.4 is 15.9 Å². The number of benzene rings is 1. The molecule has 7 heteroatoms. The molecule has 26 heavy (non-hydrogen) atoms. The predicted molar refractivity (Wildman–Crippen MR) is 101 cm³/mol. The molecule has 3 N–H and O–H groups in total. The number of aromatic amines is 2. The van der Waals surface area contributed by atoms with Crippen molar-refractivity contribution in [2.45, 2.75) is 31.7 Å². The number of aromatic nitrogens is 3. The van der Waals surface area contributed by atoms with Gasteiger partial charge in [-0.05, 0) is 49.9 Å². The van der Waals surface area contributed by atoms with Crippen LogP contribution in [0.25, 0.3) is 11.0 Å². The van der Waals surface area contributed by atoms with Crippen molar-refractivity contribution in [1.82, 2.24) is 14.5 Å². The summed E-state index contributed by atoms with van der Waals surface area (Å²) in [6, 6.07) is 8.03. The van der Waals surface area contributed by atoms with E-state index >= 15 is 0 Å². The smallest absolute Gasteiger partial charge is 0.323 e. The Morgan fingerprint density at radius 1 is 1.12 bits per heavy atom. The quantitative estimate of drug-likeness (QED) is 0.675. The lowest BCUT2D eigenvalue weighted by atomic mass is 10.2. The molecule has 0 unspecified atom stereocenters. The summed E-state index contributed by atoms with van der Waals surface area (Å²) in [5.74, 6) is -0.112. The first-order valence-electron chi connectivity index (χ1n) is 9.18. The normalized spacial score (nSPS) is 17.2. The number of fused-ring (bicyclic) bond motifs is 1. The van der Waals surface area contributed by atoms with Crippen LogP contribution >= 0.6 is 0 Å². The zero-order valence-electron chi connectivity index (χ0n) is 14.4. The van der Waals surface area contributed by atoms with E-state index in [4.69, 9.17) is 0 Å². The van der Waals surface area contributed by atoms with Gasteiger partial charge in [-0.3, -0.25) is 4.79 Å². The third-order valence-corrected chi connectivity index (χ3v) is 5.28. The maximum atomic E-state index is 12.9. The van der Waals surface area contributed by atoms with Gasteiger partial charge in [-0.1, -0.05) is 0 Å². The molecule has 3 heterocycles. The Balaban J connectivity index is 1.53. The summed E-state index contributed by atoms with van der Waals surface area (Å²) in [5.41, 5.74) is 3.61. The molecule has 0 spiro atoms. The lowest BCUT2D eigenvalue weighted by molar-refractivity contribution is 0.101. The Bertz CT molecular complexity index is 1030. The molecular weight excluding hydrogens is 330 g/mol. The van der Waals surface area contributed by atoms with E-state index in [0.717, 1.165) is 55.7 Å². The first-order chi connectivity index (χ1) is 12.7. The van der Waals surface area contributed by atoms with E-state index in [1.54, 1.807) is 0 Å². The molecule has 0 atom stereocenters. The Morgan fingerprint density at radius 3 is 2.58 bits per heavy atom. The lowest BCUT2D eigenvalue weighted by Gasteiger charge is -2.22. The number of carbonyl (C=O) groups excluding carboxylic acids is 1. The molecule has 1 saturated carbocycles. The minimum Gasteiger partial charge on any atom is -0.370 e. The molecule has 3 aromatic rings. The minimum absolute atomic E-state index is 0.112. The molecule has 5 rings (SSSR count). The van der Waals surface area contributed by atoms with Crippen LogP contribution in [0.3, 0.4) is 0 Å². The highest BCUT2D eigenvalue weighted by molar-refractivity contribution is 6.06. The van der Waals surface area contributed by atoms with Crippen molar-refractivity contribution in [1.29, 1.82) is 0 Å².